The molecule has 0 aromatic carbocycles. The van der Waals surface area contributed by atoms with Crippen molar-refractivity contribution in [1.29, 1.82) is 0 Å². The molecule has 0 aliphatic carbocycles. The van der Waals surface area contributed by atoms with Gasteiger partial charge in [0.15, 0.2) is 5.56 Å². The first-order valence-corrected chi connectivity index (χ1v) is 4.49. The number of thioether (sulfide) groups is 1. The number of ether oxygens (including phenoxy) is 1. The van der Waals surface area contributed by atoms with Crippen LogP contribution in [-0.2, 0) is 4.74 Å². The number of likely N-dealkylation sites (tertiary alicyclic amines) is 1. The molecule has 2 rings (SSSR count). The van der Waals surface area contributed by atoms with Crippen LogP contribution in [0.25, 0.3) is 0 Å². The summed E-state index contributed by atoms with van der Waals surface area (Å²) < 4.78 is 5.45. The molecule has 52 valence electrons. The van der Waals surface area contributed by atoms with E-state index in [-0.39, 0.29) is 0 Å². The number of hydrogen-bond donors (Lipinski definition) is 0. The summed E-state index contributed by atoms with van der Waals surface area (Å²) in [5.41, 5.74) is 0.416. The van der Waals surface area contributed by atoms with Crippen LogP contribution >= 0.6 is 11.8 Å². The van der Waals surface area contributed by atoms with Crippen molar-refractivity contribution in [2.45, 2.75) is 12.0 Å². The van der Waals surface area contributed by atoms with Gasteiger partial charge in [-0.2, -0.15) is 0 Å². The van der Waals surface area contributed by atoms with Crippen LogP contribution in [0.1, 0.15) is 6.42 Å². The summed E-state index contributed by atoms with van der Waals surface area (Å²) in [5.74, 6) is 1.18. The normalized spacial score (nSPS) is 36.7. The number of hydrogen-bond acceptors (Lipinski definition) is 3. The molecule has 0 spiro atoms. The van der Waals surface area contributed by atoms with Gasteiger partial charge in [-0.25, -0.2) is 0 Å². The summed E-state index contributed by atoms with van der Waals surface area (Å²) in [5, 5.41) is 0. The van der Waals surface area contributed by atoms with Crippen molar-refractivity contribution in [3.8, 4) is 0 Å². The van der Waals surface area contributed by atoms with E-state index in [0.717, 1.165) is 6.61 Å². The molecule has 2 fully saturated rings. The fourth-order valence-electron chi connectivity index (χ4n) is 1.11. The zero-order chi connectivity index (χ0) is 6.10. The Morgan fingerprint density at radius 3 is 2.78 bits per heavy atom. The summed E-state index contributed by atoms with van der Waals surface area (Å²) in [6.07, 6.45) is 1.36. The Labute approximate surface area is 59.5 Å². The van der Waals surface area contributed by atoms with Gasteiger partial charge in [-0.05, 0) is 6.42 Å². The average molecular weight is 145 g/mol. The van der Waals surface area contributed by atoms with E-state index >= 15 is 0 Å². The zero-order valence-electron chi connectivity index (χ0n) is 5.38. The van der Waals surface area contributed by atoms with Crippen LogP contribution in [-0.4, -0.2) is 35.9 Å². The van der Waals surface area contributed by atoms with Crippen molar-refractivity contribution in [2.24, 2.45) is 0 Å². The van der Waals surface area contributed by atoms with Crippen LogP contribution in [0.4, 0.5) is 0 Å². The minimum absolute atomic E-state index is 0.416. The quantitative estimate of drug-likeness (QED) is 0.540. The molecule has 2 saturated heterocycles. The molecule has 0 N–H and O–H groups in total. The Morgan fingerprint density at radius 1 is 1.44 bits per heavy atom. The molecular weight excluding hydrogens is 134 g/mol. The second-order valence-electron chi connectivity index (χ2n) is 2.44. The molecule has 0 aromatic rings. The second-order valence-corrected chi connectivity index (χ2v) is 3.58. The molecule has 0 amide bonds. The molecule has 1 atom stereocenters. The van der Waals surface area contributed by atoms with Crippen molar-refractivity contribution in [1.82, 2.24) is 4.90 Å². The van der Waals surface area contributed by atoms with E-state index < -0.39 is 0 Å². The maximum absolute atomic E-state index is 5.45. The molecule has 1 unspecified atom stereocenters. The highest BCUT2D eigenvalue weighted by molar-refractivity contribution is 7.99. The number of rotatable bonds is 1. The van der Waals surface area contributed by atoms with E-state index in [9.17, 15) is 0 Å². The second kappa shape index (κ2) is 2.48. The van der Waals surface area contributed by atoms with Gasteiger partial charge in [-0.1, -0.05) is 0 Å². The lowest BCUT2D eigenvalue weighted by atomic mass is 10.2. The van der Waals surface area contributed by atoms with E-state index in [1.54, 1.807) is 0 Å². The van der Waals surface area contributed by atoms with Gasteiger partial charge in [-0.3, -0.25) is 4.90 Å². The highest BCUT2D eigenvalue weighted by Crippen LogP contribution is 2.26. The smallest absolute Gasteiger partial charge is 0.158 e. The minimum Gasteiger partial charge on any atom is -0.353 e. The van der Waals surface area contributed by atoms with Gasteiger partial charge >= 0.3 is 0 Å². The summed E-state index contributed by atoms with van der Waals surface area (Å²) in [6, 6.07) is 0. The molecule has 3 heteroatoms. The third-order valence-electron chi connectivity index (χ3n) is 1.79. The molecule has 0 saturated carbocycles. The van der Waals surface area contributed by atoms with Crippen molar-refractivity contribution in [3.63, 3.8) is 0 Å². The maximum Gasteiger partial charge on any atom is 0.158 e. The maximum atomic E-state index is 5.45. The van der Waals surface area contributed by atoms with E-state index in [4.69, 9.17) is 4.74 Å². The fraction of sp³-hybridized carbons (Fsp3) is 1.00. The van der Waals surface area contributed by atoms with Crippen LogP contribution in [0, 0.1) is 0 Å². The van der Waals surface area contributed by atoms with E-state index in [1.165, 1.54) is 25.3 Å². The lowest BCUT2D eigenvalue weighted by Gasteiger charge is -2.34. The van der Waals surface area contributed by atoms with Gasteiger partial charge in [0, 0.05) is 18.8 Å². The van der Waals surface area contributed by atoms with Gasteiger partial charge in [0.2, 0.25) is 0 Å². The fourth-order valence-corrected chi connectivity index (χ4v) is 2.12. The van der Waals surface area contributed by atoms with E-state index in [1.807, 2.05) is 11.8 Å². The molecule has 0 aromatic heterocycles. The Morgan fingerprint density at radius 2 is 2.33 bits per heavy atom. The van der Waals surface area contributed by atoms with Crippen molar-refractivity contribution in [2.75, 3.05) is 25.4 Å². The highest BCUT2D eigenvalue weighted by atomic mass is 32.2. The highest BCUT2D eigenvalue weighted by Gasteiger charge is 2.27. The first kappa shape index (κ1) is 6.01. The molecule has 2 aliphatic heterocycles. The Kier molecular flexibility index (Phi) is 1.66. The third kappa shape index (κ3) is 1.09. The Balaban J connectivity index is 1.82. The summed E-state index contributed by atoms with van der Waals surface area (Å²) in [4.78, 5) is 2.39. The van der Waals surface area contributed by atoms with Crippen LogP contribution < -0.4 is 0 Å². The zero-order valence-corrected chi connectivity index (χ0v) is 6.19. The molecule has 2 nitrogen and oxygen atoms in total. The van der Waals surface area contributed by atoms with Gasteiger partial charge < -0.3 is 4.74 Å². The third-order valence-corrected chi connectivity index (χ3v) is 2.91. The van der Waals surface area contributed by atoms with Gasteiger partial charge in [-0.15, -0.1) is 11.8 Å². The SMILES string of the molecule is C1CN(C2OCCS2)C1. The molecule has 9 heavy (non-hydrogen) atoms. The molecule has 0 bridgehead atoms. The standard InChI is InChI=1S/C6H11NOS/c1-2-7(3-1)6-8-4-5-9-6/h6H,1-5H2. The number of nitrogens with zero attached hydrogens (tertiary/aromatic N) is 1. The molecule has 2 heterocycles. The van der Waals surface area contributed by atoms with E-state index in [2.05, 4.69) is 4.90 Å². The first-order chi connectivity index (χ1) is 4.47. The topological polar surface area (TPSA) is 12.5 Å². The lowest BCUT2D eigenvalue weighted by Crippen LogP contribution is -2.43. The molecule has 0 radical (unpaired) electrons. The van der Waals surface area contributed by atoms with Gasteiger partial charge in [0.25, 0.3) is 0 Å². The molecular formula is C6H11NOS. The average Bonchev–Trinajstić information content (AvgIpc) is 2.11. The van der Waals surface area contributed by atoms with Crippen molar-refractivity contribution < 1.29 is 4.74 Å². The predicted molar refractivity (Wildman–Crippen MR) is 38.4 cm³/mol. The van der Waals surface area contributed by atoms with Crippen molar-refractivity contribution in [3.05, 3.63) is 0 Å². The van der Waals surface area contributed by atoms with Crippen LogP contribution in [0.5, 0.6) is 0 Å². The first-order valence-electron chi connectivity index (χ1n) is 3.44. The lowest BCUT2D eigenvalue weighted by molar-refractivity contribution is -0.0122. The summed E-state index contributed by atoms with van der Waals surface area (Å²) in [7, 11) is 0. The van der Waals surface area contributed by atoms with Crippen LogP contribution in [0.15, 0.2) is 0 Å². The summed E-state index contributed by atoms with van der Waals surface area (Å²) >= 11 is 1.93. The predicted octanol–water partition coefficient (Wildman–Crippen LogP) is 0.739. The summed E-state index contributed by atoms with van der Waals surface area (Å²) in [6.45, 7) is 3.45. The van der Waals surface area contributed by atoms with E-state index in [0.29, 0.717) is 5.56 Å². The Bertz CT molecular complexity index is 99.2. The minimum atomic E-state index is 0.416. The van der Waals surface area contributed by atoms with Crippen LogP contribution in [0.2, 0.25) is 0 Å². The van der Waals surface area contributed by atoms with Gasteiger partial charge in [0.1, 0.15) is 0 Å². The Hall–Kier alpha value is 0.270. The van der Waals surface area contributed by atoms with Crippen LogP contribution in [0.3, 0.4) is 0 Å². The monoisotopic (exact) mass is 145 g/mol. The molecule has 2 aliphatic rings. The largest absolute Gasteiger partial charge is 0.353 e. The van der Waals surface area contributed by atoms with Gasteiger partial charge in [0.05, 0.1) is 6.61 Å². The van der Waals surface area contributed by atoms with Crippen molar-refractivity contribution >= 4 is 11.8 Å².